The third-order valence-electron chi connectivity index (χ3n) is 2.43. The highest BCUT2D eigenvalue weighted by Crippen LogP contribution is 2.02. The molecule has 0 bridgehead atoms. The molecule has 0 aliphatic rings. The number of hydrogen-bond acceptors (Lipinski definition) is 6. The molecule has 0 aliphatic heterocycles. The number of aryl methyl sites for hydroxylation is 1. The topological polar surface area (TPSA) is 97.6 Å². The summed E-state index contributed by atoms with van der Waals surface area (Å²) in [6.07, 6.45) is 2.35. The molecule has 2 heterocycles. The van der Waals surface area contributed by atoms with Crippen molar-refractivity contribution in [3.63, 3.8) is 0 Å². The summed E-state index contributed by atoms with van der Waals surface area (Å²) in [5.74, 6) is 1.13. The minimum Gasteiger partial charge on any atom is -0.368 e. The van der Waals surface area contributed by atoms with Crippen molar-refractivity contribution in [1.82, 2.24) is 30.3 Å². The zero-order valence-electron chi connectivity index (χ0n) is 10.8. The Morgan fingerprint density at radius 1 is 1.37 bits per heavy atom. The van der Waals surface area contributed by atoms with E-state index in [1.54, 1.807) is 30.2 Å². The average molecular weight is 261 g/mol. The molecule has 0 saturated carbocycles. The van der Waals surface area contributed by atoms with Gasteiger partial charge in [-0.15, -0.1) is 10.2 Å². The Balaban J connectivity index is 1.84. The van der Waals surface area contributed by atoms with Gasteiger partial charge in [0.25, 0.3) is 5.91 Å². The highest BCUT2D eigenvalue weighted by atomic mass is 16.1. The number of nitrogens with zero attached hydrogens (tertiary/aromatic N) is 5. The van der Waals surface area contributed by atoms with E-state index >= 15 is 0 Å². The normalized spacial score (nSPS) is 10.2. The van der Waals surface area contributed by atoms with Gasteiger partial charge in [-0.2, -0.15) is 5.10 Å². The second-order valence-corrected chi connectivity index (χ2v) is 3.89. The summed E-state index contributed by atoms with van der Waals surface area (Å²) < 4.78 is 1.66. The van der Waals surface area contributed by atoms with Gasteiger partial charge in [-0.1, -0.05) is 0 Å². The molecule has 0 fully saturated rings. The summed E-state index contributed by atoms with van der Waals surface area (Å²) in [6, 6.07) is 3.33. The zero-order valence-corrected chi connectivity index (χ0v) is 10.8. The summed E-state index contributed by atoms with van der Waals surface area (Å²) in [6.45, 7) is 0.651. The summed E-state index contributed by atoms with van der Waals surface area (Å²) >= 11 is 0. The summed E-state index contributed by atoms with van der Waals surface area (Å²) in [5.41, 5.74) is 0.291. The van der Waals surface area contributed by atoms with Crippen molar-refractivity contribution in [3.05, 3.63) is 30.0 Å². The fraction of sp³-hybridized carbons (Fsp3) is 0.364. The third kappa shape index (κ3) is 3.47. The van der Waals surface area contributed by atoms with E-state index in [1.807, 2.05) is 7.05 Å². The largest absolute Gasteiger partial charge is 0.368 e. The second-order valence-electron chi connectivity index (χ2n) is 3.89. The third-order valence-corrected chi connectivity index (χ3v) is 2.43. The van der Waals surface area contributed by atoms with Crippen LogP contribution in [0.1, 0.15) is 16.3 Å². The van der Waals surface area contributed by atoms with E-state index in [4.69, 9.17) is 0 Å². The monoisotopic (exact) mass is 261 g/mol. The van der Waals surface area contributed by atoms with Crippen LogP contribution >= 0.6 is 0 Å². The summed E-state index contributed by atoms with van der Waals surface area (Å²) in [4.78, 5) is 15.4. The first-order valence-electron chi connectivity index (χ1n) is 5.83. The van der Waals surface area contributed by atoms with E-state index in [2.05, 4.69) is 30.9 Å². The van der Waals surface area contributed by atoms with Crippen molar-refractivity contribution < 1.29 is 4.79 Å². The molecule has 0 unspecified atom stereocenters. The lowest BCUT2D eigenvalue weighted by atomic mass is 10.3. The number of aromatic nitrogens is 5. The Bertz CT molecular complexity index is 548. The lowest BCUT2D eigenvalue weighted by molar-refractivity contribution is 0.0957. The molecule has 0 atom stereocenters. The molecule has 19 heavy (non-hydrogen) atoms. The molecule has 0 aliphatic carbocycles. The van der Waals surface area contributed by atoms with Crippen LogP contribution in [0.25, 0.3) is 0 Å². The number of anilines is 1. The van der Waals surface area contributed by atoms with Gasteiger partial charge in [0.15, 0.2) is 11.5 Å². The van der Waals surface area contributed by atoms with Crippen molar-refractivity contribution in [2.45, 2.75) is 6.42 Å². The van der Waals surface area contributed by atoms with Gasteiger partial charge in [0.05, 0.1) is 0 Å². The average Bonchev–Trinajstić information content (AvgIpc) is 2.84. The van der Waals surface area contributed by atoms with E-state index in [-0.39, 0.29) is 5.91 Å². The van der Waals surface area contributed by atoms with Crippen LogP contribution in [0.3, 0.4) is 0 Å². The first-order valence-corrected chi connectivity index (χ1v) is 5.83. The molecule has 0 spiro atoms. The standard InChI is InChI=1S/C11H15N7O/c1-12-11(19)8-3-4-9(16-15-8)13-6-5-10-14-7-18(2)17-10/h3-4,7H,5-6H2,1-2H3,(H,12,19)(H,13,16). The van der Waals surface area contributed by atoms with Crippen LogP contribution in [0.4, 0.5) is 5.82 Å². The molecule has 0 aromatic carbocycles. The van der Waals surface area contributed by atoms with Gasteiger partial charge < -0.3 is 10.6 Å². The maximum Gasteiger partial charge on any atom is 0.271 e. The molecule has 0 saturated heterocycles. The van der Waals surface area contributed by atoms with Crippen LogP contribution in [0, 0.1) is 0 Å². The smallest absolute Gasteiger partial charge is 0.271 e. The van der Waals surface area contributed by atoms with Crippen molar-refractivity contribution in [2.24, 2.45) is 7.05 Å². The highest BCUT2D eigenvalue weighted by Gasteiger charge is 2.05. The molecule has 1 amide bonds. The maximum atomic E-state index is 11.3. The van der Waals surface area contributed by atoms with E-state index in [9.17, 15) is 4.79 Å². The van der Waals surface area contributed by atoms with Crippen LogP contribution < -0.4 is 10.6 Å². The second kappa shape index (κ2) is 5.89. The van der Waals surface area contributed by atoms with Gasteiger partial charge in [-0.3, -0.25) is 9.48 Å². The lowest BCUT2D eigenvalue weighted by Crippen LogP contribution is -2.20. The van der Waals surface area contributed by atoms with Crippen LogP contribution in [0.5, 0.6) is 0 Å². The number of rotatable bonds is 5. The van der Waals surface area contributed by atoms with Crippen LogP contribution in [0.15, 0.2) is 18.5 Å². The highest BCUT2D eigenvalue weighted by molar-refractivity contribution is 5.91. The predicted molar refractivity (Wildman–Crippen MR) is 68.6 cm³/mol. The molecular formula is C11H15N7O. The van der Waals surface area contributed by atoms with E-state index in [1.165, 1.54) is 0 Å². The van der Waals surface area contributed by atoms with Crippen molar-refractivity contribution in [2.75, 3.05) is 18.9 Å². The van der Waals surface area contributed by atoms with Crippen molar-refractivity contribution in [1.29, 1.82) is 0 Å². The first-order chi connectivity index (χ1) is 9.19. The van der Waals surface area contributed by atoms with E-state index < -0.39 is 0 Å². The van der Waals surface area contributed by atoms with Crippen LogP contribution in [-0.2, 0) is 13.5 Å². The van der Waals surface area contributed by atoms with Gasteiger partial charge >= 0.3 is 0 Å². The molecule has 2 aromatic rings. The van der Waals surface area contributed by atoms with Gasteiger partial charge in [-0.25, -0.2) is 4.98 Å². The number of carbonyl (C=O) groups excluding carboxylic acids is 1. The Hall–Kier alpha value is -2.51. The molecule has 0 radical (unpaired) electrons. The van der Waals surface area contributed by atoms with Crippen LogP contribution in [-0.4, -0.2) is 44.5 Å². The fourth-order valence-corrected chi connectivity index (χ4v) is 1.48. The Morgan fingerprint density at radius 3 is 2.79 bits per heavy atom. The SMILES string of the molecule is CNC(=O)c1ccc(NCCc2ncn(C)n2)nn1. The Labute approximate surface area is 110 Å². The minimum absolute atomic E-state index is 0.253. The quantitative estimate of drug-likeness (QED) is 0.761. The number of nitrogens with one attached hydrogen (secondary N) is 2. The van der Waals surface area contributed by atoms with E-state index in [0.717, 1.165) is 5.82 Å². The lowest BCUT2D eigenvalue weighted by Gasteiger charge is -2.03. The molecule has 8 heteroatoms. The number of amides is 1. The minimum atomic E-state index is -0.253. The van der Waals surface area contributed by atoms with Gasteiger partial charge in [0.2, 0.25) is 0 Å². The van der Waals surface area contributed by atoms with Gasteiger partial charge in [0, 0.05) is 27.1 Å². The maximum absolute atomic E-state index is 11.3. The Kier molecular flexibility index (Phi) is 4.01. The molecule has 100 valence electrons. The molecular weight excluding hydrogens is 246 g/mol. The van der Waals surface area contributed by atoms with E-state index in [0.29, 0.717) is 24.5 Å². The first kappa shape index (κ1) is 12.9. The predicted octanol–water partition coefficient (Wildman–Crippen LogP) is -0.381. The fourth-order valence-electron chi connectivity index (χ4n) is 1.48. The van der Waals surface area contributed by atoms with Crippen molar-refractivity contribution >= 4 is 11.7 Å². The molecule has 2 N–H and O–H groups in total. The molecule has 2 rings (SSSR count). The van der Waals surface area contributed by atoms with Crippen molar-refractivity contribution in [3.8, 4) is 0 Å². The molecule has 8 nitrogen and oxygen atoms in total. The molecule has 2 aromatic heterocycles. The summed E-state index contributed by atoms with van der Waals surface area (Å²) in [5, 5.41) is 17.5. The zero-order chi connectivity index (χ0) is 13.7. The number of hydrogen-bond donors (Lipinski definition) is 2. The number of carbonyl (C=O) groups is 1. The Morgan fingerprint density at radius 2 is 2.21 bits per heavy atom. The van der Waals surface area contributed by atoms with Gasteiger partial charge in [-0.05, 0) is 12.1 Å². The summed E-state index contributed by atoms with van der Waals surface area (Å²) in [7, 11) is 3.38. The van der Waals surface area contributed by atoms with Gasteiger partial charge in [0.1, 0.15) is 12.1 Å². The van der Waals surface area contributed by atoms with Crippen LogP contribution in [0.2, 0.25) is 0 Å².